The van der Waals surface area contributed by atoms with Gasteiger partial charge in [0.2, 0.25) is 0 Å². The summed E-state index contributed by atoms with van der Waals surface area (Å²) in [6.07, 6.45) is 9.83. The van der Waals surface area contributed by atoms with Crippen LogP contribution < -0.4 is 5.73 Å². The van der Waals surface area contributed by atoms with Crippen molar-refractivity contribution in [2.45, 2.75) is 51.5 Å². The summed E-state index contributed by atoms with van der Waals surface area (Å²) in [5, 5.41) is 0. The van der Waals surface area contributed by atoms with Crippen LogP contribution in [0.1, 0.15) is 52.3 Å². The third kappa shape index (κ3) is 5.36. The summed E-state index contributed by atoms with van der Waals surface area (Å²) in [6, 6.07) is 10.0. The maximum atomic E-state index is 5.89. The largest absolute Gasteiger partial charge is 0.404 e. The topological polar surface area (TPSA) is 57.8 Å². The molecule has 0 spiro atoms. The van der Waals surface area contributed by atoms with Crippen molar-refractivity contribution in [1.29, 1.82) is 0 Å². The molecule has 0 amide bonds. The number of aliphatic imine (C=N–C) groups is 1. The van der Waals surface area contributed by atoms with Crippen molar-refractivity contribution in [2.75, 3.05) is 40.3 Å². The lowest BCUT2D eigenvalue weighted by Gasteiger charge is -2.46. The quantitative estimate of drug-likeness (QED) is 0.655. The molecule has 5 heteroatoms. The summed E-state index contributed by atoms with van der Waals surface area (Å²) < 4.78 is 0. The molecule has 1 aromatic carbocycles. The minimum Gasteiger partial charge on any atom is -0.404 e. The standard InChI is InChI=1S/C28H39N5/c1-20-15-24(23-10-13-33(14-11-23)26-18-32(4)19-26)6-5-22(20)7-8-27-21(2)31-12-9-28(27)25(16-29)17-30-3/h5-6,9,12,15-17,23,26H,7-8,10-11,13-14,18-19,29H2,1-4H3/b25-16+,30-17?. The highest BCUT2D eigenvalue weighted by atomic mass is 15.3. The number of likely N-dealkylation sites (N-methyl/N-ethyl adjacent to an activating group) is 1. The first-order valence-corrected chi connectivity index (χ1v) is 12.3. The molecular weight excluding hydrogens is 406 g/mol. The van der Waals surface area contributed by atoms with E-state index in [1.807, 2.05) is 18.5 Å². The van der Waals surface area contributed by atoms with Gasteiger partial charge in [-0.05, 0) is 99.5 Å². The van der Waals surface area contributed by atoms with Gasteiger partial charge in [0.15, 0.2) is 0 Å². The number of hydrogen-bond acceptors (Lipinski definition) is 5. The van der Waals surface area contributed by atoms with E-state index in [-0.39, 0.29) is 0 Å². The second kappa shape index (κ2) is 10.6. The average molecular weight is 446 g/mol. The number of piperidine rings is 1. The minimum absolute atomic E-state index is 0.699. The first-order valence-electron chi connectivity index (χ1n) is 12.3. The molecule has 0 bridgehead atoms. The van der Waals surface area contributed by atoms with Crippen molar-refractivity contribution in [1.82, 2.24) is 14.8 Å². The molecule has 0 atom stereocenters. The fourth-order valence-corrected chi connectivity index (χ4v) is 5.53. The third-order valence-corrected chi connectivity index (χ3v) is 7.60. The highest BCUT2D eigenvalue weighted by Gasteiger charge is 2.32. The summed E-state index contributed by atoms with van der Waals surface area (Å²) in [6.45, 7) is 9.31. The van der Waals surface area contributed by atoms with Crippen molar-refractivity contribution >= 4 is 11.8 Å². The Kier molecular flexibility index (Phi) is 7.61. The summed E-state index contributed by atoms with van der Waals surface area (Å²) >= 11 is 0. The van der Waals surface area contributed by atoms with Gasteiger partial charge >= 0.3 is 0 Å². The van der Waals surface area contributed by atoms with E-state index in [1.54, 1.807) is 13.2 Å². The van der Waals surface area contributed by atoms with Crippen molar-refractivity contribution in [3.8, 4) is 0 Å². The molecule has 2 fully saturated rings. The predicted molar refractivity (Wildman–Crippen MR) is 139 cm³/mol. The van der Waals surface area contributed by atoms with Gasteiger partial charge in [0.05, 0.1) is 0 Å². The van der Waals surface area contributed by atoms with E-state index in [0.29, 0.717) is 5.92 Å². The molecule has 2 N–H and O–H groups in total. The normalized spacial score (nSPS) is 19.3. The van der Waals surface area contributed by atoms with Crippen LogP contribution in [0.2, 0.25) is 0 Å². The van der Waals surface area contributed by atoms with Crippen molar-refractivity contribution in [2.24, 2.45) is 10.7 Å². The number of nitrogens with zero attached hydrogens (tertiary/aromatic N) is 4. The van der Waals surface area contributed by atoms with Crippen LogP contribution in [0.25, 0.3) is 5.57 Å². The molecule has 2 aliphatic rings. The first-order chi connectivity index (χ1) is 16.0. The zero-order valence-electron chi connectivity index (χ0n) is 20.7. The van der Waals surface area contributed by atoms with E-state index in [1.165, 1.54) is 61.3 Å². The highest BCUT2D eigenvalue weighted by molar-refractivity contribution is 6.10. The molecule has 3 heterocycles. The van der Waals surface area contributed by atoms with Crippen LogP contribution in [0.5, 0.6) is 0 Å². The molecular formula is C28H39N5. The number of pyridine rings is 1. The zero-order chi connectivity index (χ0) is 23.4. The van der Waals surface area contributed by atoms with E-state index in [2.05, 4.69) is 58.9 Å². The number of likely N-dealkylation sites (tertiary alicyclic amines) is 2. The number of rotatable bonds is 7. The summed E-state index contributed by atoms with van der Waals surface area (Å²) in [7, 11) is 4.00. The maximum absolute atomic E-state index is 5.89. The molecule has 2 aliphatic heterocycles. The van der Waals surface area contributed by atoms with E-state index in [4.69, 9.17) is 5.73 Å². The summed E-state index contributed by atoms with van der Waals surface area (Å²) in [5.41, 5.74) is 14.6. The Morgan fingerprint density at radius 3 is 2.55 bits per heavy atom. The van der Waals surface area contributed by atoms with Gasteiger partial charge < -0.3 is 10.6 Å². The minimum atomic E-state index is 0.699. The van der Waals surface area contributed by atoms with Gasteiger partial charge in [-0.2, -0.15) is 0 Å². The summed E-state index contributed by atoms with van der Waals surface area (Å²) in [5.74, 6) is 0.699. The van der Waals surface area contributed by atoms with Crippen LogP contribution in [-0.2, 0) is 12.8 Å². The third-order valence-electron chi connectivity index (χ3n) is 7.60. The van der Waals surface area contributed by atoms with Gasteiger partial charge in [-0.25, -0.2) is 0 Å². The van der Waals surface area contributed by atoms with Crippen LogP contribution in [-0.4, -0.2) is 67.3 Å². The molecule has 5 nitrogen and oxygen atoms in total. The molecule has 2 saturated heterocycles. The van der Waals surface area contributed by atoms with Crippen molar-refractivity contribution < 1.29 is 0 Å². The number of hydrogen-bond donors (Lipinski definition) is 1. The van der Waals surface area contributed by atoms with E-state index >= 15 is 0 Å². The second-order valence-electron chi connectivity index (χ2n) is 9.80. The van der Waals surface area contributed by atoms with E-state index in [9.17, 15) is 0 Å². The Morgan fingerprint density at radius 2 is 1.91 bits per heavy atom. The van der Waals surface area contributed by atoms with Crippen LogP contribution in [0.15, 0.2) is 41.7 Å². The van der Waals surface area contributed by atoms with E-state index < -0.39 is 0 Å². The number of allylic oxidation sites excluding steroid dienone is 1. The molecule has 0 unspecified atom stereocenters. The molecule has 1 aromatic heterocycles. The maximum Gasteiger partial charge on any atom is 0.0410 e. The van der Waals surface area contributed by atoms with Crippen molar-refractivity contribution in [3.05, 3.63) is 70.2 Å². The van der Waals surface area contributed by atoms with E-state index in [0.717, 1.165) is 35.7 Å². The molecule has 2 aromatic rings. The first kappa shape index (κ1) is 23.7. The van der Waals surface area contributed by atoms with Gasteiger partial charge in [-0.3, -0.25) is 14.9 Å². The van der Waals surface area contributed by atoms with Gasteiger partial charge in [0.1, 0.15) is 0 Å². The molecule has 4 rings (SSSR count). The summed E-state index contributed by atoms with van der Waals surface area (Å²) in [4.78, 5) is 13.8. The SMILES string of the molecule is CN=C/C(=C\N)c1ccnc(C)c1CCc1ccc(C2CCN(C3CN(C)C3)CC2)cc1C. The monoisotopic (exact) mass is 445 g/mol. The highest BCUT2D eigenvalue weighted by Crippen LogP contribution is 2.31. The Hall–Kier alpha value is -2.50. The van der Waals surface area contributed by atoms with Crippen LogP contribution in [0.3, 0.4) is 0 Å². The Morgan fingerprint density at radius 1 is 1.15 bits per heavy atom. The van der Waals surface area contributed by atoms with Gasteiger partial charge in [-0.1, -0.05) is 18.2 Å². The average Bonchev–Trinajstić information content (AvgIpc) is 2.80. The zero-order valence-corrected chi connectivity index (χ0v) is 20.7. The Balaban J connectivity index is 1.41. The number of benzene rings is 1. The lowest BCUT2D eigenvalue weighted by atomic mass is 9.86. The molecule has 33 heavy (non-hydrogen) atoms. The number of aromatic nitrogens is 1. The van der Waals surface area contributed by atoms with Gasteiger partial charge in [0, 0.05) is 56.1 Å². The Labute approximate surface area is 199 Å². The van der Waals surface area contributed by atoms with Gasteiger partial charge in [0.25, 0.3) is 0 Å². The number of aryl methyl sites for hydroxylation is 3. The number of nitrogens with two attached hydrogens (primary N) is 1. The molecule has 0 radical (unpaired) electrons. The van der Waals surface area contributed by atoms with Crippen LogP contribution in [0, 0.1) is 13.8 Å². The molecule has 0 saturated carbocycles. The fraction of sp³-hybridized carbons (Fsp3) is 0.500. The predicted octanol–water partition coefficient (Wildman–Crippen LogP) is 3.98. The second-order valence-corrected chi connectivity index (χ2v) is 9.80. The fourth-order valence-electron chi connectivity index (χ4n) is 5.53. The lowest BCUT2D eigenvalue weighted by molar-refractivity contribution is 0.0363. The Bertz CT molecular complexity index is 1010. The molecule has 0 aliphatic carbocycles. The molecule has 176 valence electrons. The van der Waals surface area contributed by atoms with Gasteiger partial charge in [-0.15, -0.1) is 0 Å². The lowest BCUT2D eigenvalue weighted by Crippen LogP contribution is -2.59. The van der Waals surface area contributed by atoms with Crippen LogP contribution >= 0.6 is 0 Å². The van der Waals surface area contributed by atoms with Crippen molar-refractivity contribution in [3.63, 3.8) is 0 Å². The van der Waals surface area contributed by atoms with Crippen LogP contribution in [0.4, 0.5) is 0 Å². The smallest absolute Gasteiger partial charge is 0.0410 e.